The molecule has 1 heterocycles. The topological polar surface area (TPSA) is 57.6 Å². The molecule has 1 unspecified atom stereocenters. The Balaban J connectivity index is 2.10. The average molecular weight is 289 g/mol. The standard InChI is InChI=1S/C17H23NO3/c1-11-7-12(2)16(13(3)8-11)15(19)10-18-6-4-5-14(9-18)17(20)21/h7-8,14H,4-6,9-10H2,1-3H3,(H,20,21). The molecule has 0 amide bonds. The number of nitrogens with zero attached hydrogens (tertiary/aromatic N) is 1. The first-order valence-corrected chi connectivity index (χ1v) is 7.44. The van der Waals surface area contributed by atoms with Crippen molar-refractivity contribution in [1.29, 1.82) is 0 Å². The first-order valence-electron chi connectivity index (χ1n) is 7.44. The first-order chi connectivity index (χ1) is 9.88. The molecule has 1 N–H and O–H groups in total. The largest absolute Gasteiger partial charge is 0.481 e. The molecule has 1 aliphatic rings. The van der Waals surface area contributed by atoms with Crippen LogP contribution >= 0.6 is 0 Å². The molecule has 4 nitrogen and oxygen atoms in total. The molecule has 2 rings (SSSR count). The van der Waals surface area contributed by atoms with Gasteiger partial charge in [0.25, 0.3) is 0 Å². The van der Waals surface area contributed by atoms with Gasteiger partial charge in [-0.25, -0.2) is 0 Å². The van der Waals surface area contributed by atoms with Gasteiger partial charge in [-0.2, -0.15) is 0 Å². The number of carboxylic acid groups (broad SMARTS) is 1. The number of aryl methyl sites for hydroxylation is 3. The maximum atomic E-state index is 12.6. The molecule has 1 fully saturated rings. The zero-order valence-corrected chi connectivity index (χ0v) is 13.0. The highest BCUT2D eigenvalue weighted by atomic mass is 16.4. The molecule has 4 heteroatoms. The van der Waals surface area contributed by atoms with Gasteiger partial charge in [0.1, 0.15) is 0 Å². The molecule has 0 aliphatic carbocycles. The molecule has 1 saturated heterocycles. The maximum Gasteiger partial charge on any atom is 0.307 e. The number of Topliss-reactive ketones (excluding diaryl/α,β-unsaturated/α-hetero) is 1. The summed E-state index contributed by atoms with van der Waals surface area (Å²) in [4.78, 5) is 25.6. The van der Waals surface area contributed by atoms with Crippen LogP contribution in [0.4, 0.5) is 0 Å². The van der Waals surface area contributed by atoms with E-state index in [1.165, 1.54) is 0 Å². The van der Waals surface area contributed by atoms with Crippen molar-refractivity contribution in [3.05, 3.63) is 34.4 Å². The van der Waals surface area contributed by atoms with Crippen LogP contribution in [0.1, 0.15) is 39.9 Å². The van der Waals surface area contributed by atoms with Crippen LogP contribution < -0.4 is 0 Å². The normalized spacial score (nSPS) is 19.5. The maximum absolute atomic E-state index is 12.6. The van der Waals surface area contributed by atoms with Gasteiger partial charge in [0, 0.05) is 12.1 Å². The van der Waals surface area contributed by atoms with Gasteiger partial charge >= 0.3 is 5.97 Å². The molecular formula is C17H23NO3. The Hall–Kier alpha value is -1.68. The van der Waals surface area contributed by atoms with Crippen molar-refractivity contribution in [2.75, 3.05) is 19.6 Å². The summed E-state index contributed by atoms with van der Waals surface area (Å²) < 4.78 is 0. The van der Waals surface area contributed by atoms with E-state index in [9.17, 15) is 9.59 Å². The summed E-state index contributed by atoms with van der Waals surface area (Å²) in [5.74, 6) is -1.00. The summed E-state index contributed by atoms with van der Waals surface area (Å²) in [5, 5.41) is 9.11. The van der Waals surface area contributed by atoms with Gasteiger partial charge in [0.2, 0.25) is 0 Å². The van der Waals surface area contributed by atoms with Gasteiger partial charge in [-0.3, -0.25) is 14.5 Å². The number of hydrogen-bond donors (Lipinski definition) is 1. The molecule has 1 aliphatic heterocycles. The number of rotatable bonds is 4. The molecule has 21 heavy (non-hydrogen) atoms. The van der Waals surface area contributed by atoms with Crippen molar-refractivity contribution in [1.82, 2.24) is 4.90 Å². The van der Waals surface area contributed by atoms with Gasteiger partial charge < -0.3 is 5.11 Å². The lowest BCUT2D eigenvalue weighted by molar-refractivity contribution is -0.143. The van der Waals surface area contributed by atoms with Gasteiger partial charge in [0.05, 0.1) is 12.5 Å². The van der Waals surface area contributed by atoms with E-state index in [2.05, 4.69) is 0 Å². The third kappa shape index (κ3) is 3.70. The number of carbonyl (C=O) groups excluding carboxylic acids is 1. The Labute approximate surface area is 125 Å². The van der Waals surface area contributed by atoms with Crippen LogP contribution in [0.2, 0.25) is 0 Å². The van der Waals surface area contributed by atoms with E-state index in [1.807, 2.05) is 37.8 Å². The van der Waals surface area contributed by atoms with Gasteiger partial charge in [-0.1, -0.05) is 17.7 Å². The van der Waals surface area contributed by atoms with E-state index in [-0.39, 0.29) is 11.7 Å². The van der Waals surface area contributed by atoms with Crippen molar-refractivity contribution >= 4 is 11.8 Å². The number of aliphatic carboxylic acids is 1. The number of hydrogen-bond acceptors (Lipinski definition) is 3. The summed E-state index contributed by atoms with van der Waals surface area (Å²) >= 11 is 0. The number of benzene rings is 1. The molecule has 1 aromatic rings. The second-order valence-corrected chi connectivity index (χ2v) is 6.11. The molecule has 1 aromatic carbocycles. The molecule has 114 valence electrons. The van der Waals surface area contributed by atoms with Gasteiger partial charge in [0.15, 0.2) is 5.78 Å². The van der Waals surface area contributed by atoms with Crippen molar-refractivity contribution in [2.24, 2.45) is 5.92 Å². The van der Waals surface area contributed by atoms with E-state index in [1.54, 1.807) is 0 Å². The second-order valence-electron chi connectivity index (χ2n) is 6.11. The van der Waals surface area contributed by atoms with Crippen LogP contribution in [-0.4, -0.2) is 41.4 Å². The van der Waals surface area contributed by atoms with Crippen LogP contribution in [-0.2, 0) is 4.79 Å². The zero-order chi connectivity index (χ0) is 15.6. The monoisotopic (exact) mass is 289 g/mol. The highest BCUT2D eigenvalue weighted by Gasteiger charge is 2.27. The molecule has 0 radical (unpaired) electrons. The Morgan fingerprint density at radius 1 is 1.24 bits per heavy atom. The van der Waals surface area contributed by atoms with E-state index in [4.69, 9.17) is 5.11 Å². The fraction of sp³-hybridized carbons (Fsp3) is 0.529. The van der Waals surface area contributed by atoms with Crippen LogP contribution in [0.25, 0.3) is 0 Å². The summed E-state index contributed by atoms with van der Waals surface area (Å²) in [5.41, 5.74) is 3.96. The van der Waals surface area contributed by atoms with Crippen LogP contribution in [0.15, 0.2) is 12.1 Å². The minimum atomic E-state index is -0.755. The van der Waals surface area contributed by atoms with E-state index >= 15 is 0 Å². The highest BCUT2D eigenvalue weighted by molar-refractivity contribution is 6.00. The van der Waals surface area contributed by atoms with Crippen LogP contribution in [0.3, 0.4) is 0 Å². The predicted molar refractivity (Wildman–Crippen MR) is 81.8 cm³/mol. The number of ketones is 1. The van der Waals surface area contributed by atoms with Crippen LogP contribution in [0.5, 0.6) is 0 Å². The minimum absolute atomic E-state index is 0.0936. The van der Waals surface area contributed by atoms with Crippen molar-refractivity contribution in [3.8, 4) is 0 Å². The Morgan fingerprint density at radius 2 is 1.86 bits per heavy atom. The molecule has 1 atom stereocenters. The Bertz CT molecular complexity index is 542. The van der Waals surface area contributed by atoms with E-state index in [0.717, 1.165) is 35.2 Å². The third-order valence-electron chi connectivity index (χ3n) is 4.18. The molecule has 0 aromatic heterocycles. The molecule has 0 bridgehead atoms. The van der Waals surface area contributed by atoms with Gasteiger partial charge in [-0.05, 0) is 51.3 Å². The lowest BCUT2D eigenvalue weighted by atomic mass is 9.94. The van der Waals surface area contributed by atoms with Gasteiger partial charge in [-0.15, -0.1) is 0 Å². The predicted octanol–water partition coefficient (Wildman–Crippen LogP) is 2.59. The summed E-state index contributed by atoms with van der Waals surface area (Å²) in [6.07, 6.45) is 1.55. The van der Waals surface area contributed by atoms with Crippen molar-refractivity contribution in [2.45, 2.75) is 33.6 Å². The molecular weight excluding hydrogens is 266 g/mol. The van der Waals surface area contributed by atoms with E-state index in [0.29, 0.717) is 19.5 Å². The fourth-order valence-corrected chi connectivity index (χ4v) is 3.30. The molecule has 0 spiro atoms. The quantitative estimate of drug-likeness (QED) is 0.866. The summed E-state index contributed by atoms with van der Waals surface area (Å²) in [7, 11) is 0. The number of carbonyl (C=O) groups is 2. The van der Waals surface area contributed by atoms with Crippen molar-refractivity contribution in [3.63, 3.8) is 0 Å². The minimum Gasteiger partial charge on any atom is -0.481 e. The number of likely N-dealkylation sites (tertiary alicyclic amines) is 1. The Morgan fingerprint density at radius 3 is 2.43 bits per heavy atom. The SMILES string of the molecule is Cc1cc(C)c(C(=O)CN2CCCC(C(=O)O)C2)c(C)c1. The third-order valence-corrected chi connectivity index (χ3v) is 4.18. The van der Waals surface area contributed by atoms with Crippen LogP contribution in [0, 0.1) is 26.7 Å². The average Bonchev–Trinajstić information content (AvgIpc) is 2.37. The summed E-state index contributed by atoms with van der Waals surface area (Å²) in [6.45, 7) is 7.54. The molecule has 0 saturated carbocycles. The van der Waals surface area contributed by atoms with Crippen molar-refractivity contribution < 1.29 is 14.7 Å². The lowest BCUT2D eigenvalue weighted by Gasteiger charge is -2.30. The number of carboxylic acids is 1. The Kier molecular flexibility index (Phi) is 4.78. The smallest absolute Gasteiger partial charge is 0.307 e. The lowest BCUT2D eigenvalue weighted by Crippen LogP contribution is -2.41. The summed E-state index contributed by atoms with van der Waals surface area (Å²) in [6, 6.07) is 4.05. The second kappa shape index (κ2) is 6.39. The first kappa shape index (κ1) is 15.7. The van der Waals surface area contributed by atoms with E-state index < -0.39 is 5.97 Å². The number of piperidine rings is 1. The zero-order valence-electron chi connectivity index (χ0n) is 13.0. The highest BCUT2D eigenvalue weighted by Crippen LogP contribution is 2.20. The fourth-order valence-electron chi connectivity index (χ4n) is 3.30.